The summed E-state index contributed by atoms with van der Waals surface area (Å²) < 4.78 is 13.9. The summed E-state index contributed by atoms with van der Waals surface area (Å²) in [6, 6.07) is 11.9. The lowest BCUT2D eigenvalue weighted by Gasteiger charge is -2.20. The molecule has 0 unspecified atom stereocenters. The lowest BCUT2D eigenvalue weighted by atomic mass is 10.1. The minimum absolute atomic E-state index is 0.0377. The quantitative estimate of drug-likeness (QED) is 0.927. The number of benzene rings is 2. The molecule has 2 aromatic rings. The first-order chi connectivity index (χ1) is 9.47. The van der Waals surface area contributed by atoms with Crippen LogP contribution in [0.25, 0.3) is 0 Å². The van der Waals surface area contributed by atoms with E-state index >= 15 is 0 Å². The molecule has 0 atom stereocenters. The van der Waals surface area contributed by atoms with Gasteiger partial charge in [-0.1, -0.05) is 23.8 Å². The van der Waals surface area contributed by atoms with Gasteiger partial charge in [0.25, 0.3) is 0 Å². The highest BCUT2D eigenvalue weighted by atomic mass is 19.1. The summed E-state index contributed by atoms with van der Waals surface area (Å²) in [6.07, 6.45) is 0. The zero-order valence-corrected chi connectivity index (χ0v) is 11.4. The van der Waals surface area contributed by atoms with Crippen molar-refractivity contribution in [2.75, 3.05) is 11.9 Å². The molecule has 0 aliphatic heterocycles. The van der Waals surface area contributed by atoms with Gasteiger partial charge in [0.15, 0.2) is 0 Å². The highest BCUT2D eigenvalue weighted by molar-refractivity contribution is 5.87. The number of aryl methyl sites for hydroxylation is 1. The van der Waals surface area contributed by atoms with Crippen LogP contribution in [0, 0.1) is 12.7 Å². The Hall–Kier alpha value is -2.36. The molecule has 0 fully saturated rings. The minimum Gasteiger partial charge on any atom is -0.478 e. The van der Waals surface area contributed by atoms with Crippen LogP contribution < -0.4 is 4.90 Å². The number of carboxylic acids is 1. The van der Waals surface area contributed by atoms with Gasteiger partial charge in [-0.05, 0) is 31.2 Å². The van der Waals surface area contributed by atoms with Crippen LogP contribution in [-0.4, -0.2) is 18.1 Å². The van der Waals surface area contributed by atoms with Crippen LogP contribution >= 0.6 is 0 Å². The molecule has 104 valence electrons. The van der Waals surface area contributed by atoms with Gasteiger partial charge < -0.3 is 10.0 Å². The van der Waals surface area contributed by atoms with Gasteiger partial charge in [0.2, 0.25) is 0 Å². The van der Waals surface area contributed by atoms with Gasteiger partial charge in [0.1, 0.15) is 5.82 Å². The van der Waals surface area contributed by atoms with Gasteiger partial charge in [-0.3, -0.25) is 0 Å². The van der Waals surface area contributed by atoms with Crippen LogP contribution in [0.5, 0.6) is 0 Å². The Morgan fingerprint density at radius 1 is 1.20 bits per heavy atom. The Kier molecular flexibility index (Phi) is 4.03. The van der Waals surface area contributed by atoms with Crippen molar-refractivity contribution in [2.24, 2.45) is 0 Å². The molecule has 0 aliphatic carbocycles. The van der Waals surface area contributed by atoms with E-state index in [2.05, 4.69) is 0 Å². The molecule has 0 spiro atoms. The number of carboxylic acid groups (broad SMARTS) is 1. The smallest absolute Gasteiger partial charge is 0.335 e. The van der Waals surface area contributed by atoms with Crippen LogP contribution in [0.1, 0.15) is 21.5 Å². The number of anilines is 1. The van der Waals surface area contributed by atoms with Crippen molar-refractivity contribution in [1.29, 1.82) is 0 Å². The maximum absolute atomic E-state index is 13.9. The molecular formula is C16H16FNO2. The predicted molar refractivity (Wildman–Crippen MR) is 76.6 cm³/mol. The van der Waals surface area contributed by atoms with E-state index in [1.807, 2.05) is 43.1 Å². The van der Waals surface area contributed by atoms with Crippen LogP contribution in [-0.2, 0) is 6.54 Å². The molecule has 2 rings (SSSR count). The second-order valence-electron chi connectivity index (χ2n) is 4.80. The van der Waals surface area contributed by atoms with Crippen LogP contribution in [0.2, 0.25) is 0 Å². The molecule has 0 aliphatic rings. The van der Waals surface area contributed by atoms with E-state index < -0.39 is 11.8 Å². The van der Waals surface area contributed by atoms with Gasteiger partial charge in [-0.15, -0.1) is 0 Å². The number of rotatable bonds is 4. The third-order valence-corrected chi connectivity index (χ3v) is 3.18. The first-order valence-corrected chi connectivity index (χ1v) is 6.27. The first-order valence-electron chi connectivity index (χ1n) is 6.27. The largest absolute Gasteiger partial charge is 0.478 e. The fourth-order valence-electron chi connectivity index (χ4n) is 1.95. The third-order valence-electron chi connectivity index (χ3n) is 3.18. The van der Waals surface area contributed by atoms with Crippen molar-refractivity contribution in [3.05, 3.63) is 65.0 Å². The maximum Gasteiger partial charge on any atom is 0.335 e. The van der Waals surface area contributed by atoms with E-state index in [9.17, 15) is 9.18 Å². The lowest BCUT2D eigenvalue weighted by molar-refractivity contribution is 0.0696. The molecule has 0 bridgehead atoms. The number of halogens is 1. The average molecular weight is 273 g/mol. The normalized spacial score (nSPS) is 10.3. The summed E-state index contributed by atoms with van der Waals surface area (Å²) in [5.74, 6) is -1.62. The van der Waals surface area contributed by atoms with Crippen molar-refractivity contribution >= 4 is 11.7 Å². The Morgan fingerprint density at radius 2 is 1.85 bits per heavy atom. The zero-order chi connectivity index (χ0) is 14.7. The monoisotopic (exact) mass is 273 g/mol. The Labute approximate surface area is 117 Å². The maximum atomic E-state index is 13.9. The zero-order valence-electron chi connectivity index (χ0n) is 11.4. The van der Waals surface area contributed by atoms with Crippen LogP contribution in [0.4, 0.5) is 10.1 Å². The summed E-state index contributed by atoms with van der Waals surface area (Å²) in [4.78, 5) is 12.7. The van der Waals surface area contributed by atoms with E-state index in [0.29, 0.717) is 12.1 Å². The van der Waals surface area contributed by atoms with E-state index in [4.69, 9.17) is 5.11 Å². The summed E-state index contributed by atoms with van der Waals surface area (Å²) in [5, 5.41) is 8.81. The number of hydrogen-bond donors (Lipinski definition) is 1. The van der Waals surface area contributed by atoms with Gasteiger partial charge in [0, 0.05) is 24.8 Å². The SMILES string of the molecule is Cc1ccc(N(C)Cc2ccc(C(=O)O)cc2F)cc1. The summed E-state index contributed by atoms with van der Waals surface area (Å²) in [7, 11) is 1.87. The molecule has 1 N–H and O–H groups in total. The third kappa shape index (κ3) is 3.15. The van der Waals surface area contributed by atoms with Crippen molar-refractivity contribution in [2.45, 2.75) is 13.5 Å². The Bertz CT molecular complexity index is 623. The minimum atomic E-state index is -1.12. The molecule has 2 aromatic carbocycles. The molecule has 0 heterocycles. The summed E-state index contributed by atoms with van der Waals surface area (Å²) in [6.45, 7) is 2.39. The molecule has 0 saturated carbocycles. The van der Waals surface area contributed by atoms with E-state index in [1.54, 1.807) is 0 Å². The van der Waals surface area contributed by atoms with Crippen LogP contribution in [0.15, 0.2) is 42.5 Å². The summed E-state index contributed by atoms with van der Waals surface area (Å²) >= 11 is 0. The van der Waals surface area contributed by atoms with E-state index in [1.165, 1.54) is 17.7 Å². The highest BCUT2D eigenvalue weighted by Crippen LogP contribution is 2.18. The Balaban J connectivity index is 2.17. The van der Waals surface area contributed by atoms with Crippen molar-refractivity contribution < 1.29 is 14.3 Å². The molecule has 0 radical (unpaired) electrons. The molecule has 3 nitrogen and oxygen atoms in total. The van der Waals surface area contributed by atoms with Gasteiger partial charge in [-0.25, -0.2) is 9.18 Å². The van der Waals surface area contributed by atoms with Gasteiger partial charge >= 0.3 is 5.97 Å². The van der Waals surface area contributed by atoms with Crippen molar-refractivity contribution in [3.8, 4) is 0 Å². The summed E-state index contributed by atoms with van der Waals surface area (Å²) in [5.41, 5.74) is 2.58. The number of carbonyl (C=O) groups is 1. The van der Waals surface area contributed by atoms with Crippen LogP contribution in [0.3, 0.4) is 0 Å². The molecule has 0 amide bonds. The standard InChI is InChI=1S/C16H16FNO2/c1-11-3-7-14(8-4-11)18(2)10-13-6-5-12(16(19)20)9-15(13)17/h3-9H,10H2,1-2H3,(H,19,20). The topological polar surface area (TPSA) is 40.5 Å². The van der Waals surface area contributed by atoms with E-state index in [0.717, 1.165) is 11.8 Å². The molecule has 4 heteroatoms. The molecule has 20 heavy (non-hydrogen) atoms. The molecule has 0 aromatic heterocycles. The first kappa shape index (κ1) is 14.1. The molecular weight excluding hydrogens is 257 g/mol. The fourth-order valence-corrected chi connectivity index (χ4v) is 1.95. The van der Waals surface area contributed by atoms with Crippen molar-refractivity contribution in [3.63, 3.8) is 0 Å². The van der Waals surface area contributed by atoms with Gasteiger partial charge in [0.05, 0.1) is 5.56 Å². The second kappa shape index (κ2) is 5.74. The van der Waals surface area contributed by atoms with Crippen molar-refractivity contribution in [1.82, 2.24) is 0 Å². The van der Waals surface area contributed by atoms with E-state index in [-0.39, 0.29) is 5.56 Å². The highest BCUT2D eigenvalue weighted by Gasteiger charge is 2.10. The Morgan fingerprint density at radius 3 is 2.40 bits per heavy atom. The van der Waals surface area contributed by atoms with Gasteiger partial charge in [-0.2, -0.15) is 0 Å². The molecule has 0 saturated heterocycles. The average Bonchev–Trinajstić information content (AvgIpc) is 2.41. The predicted octanol–water partition coefficient (Wildman–Crippen LogP) is 3.47. The lowest BCUT2D eigenvalue weighted by Crippen LogP contribution is -2.17. The second-order valence-corrected chi connectivity index (χ2v) is 4.80. The number of hydrogen-bond acceptors (Lipinski definition) is 2. The number of nitrogens with zero attached hydrogens (tertiary/aromatic N) is 1. The number of aromatic carboxylic acids is 1. The fraction of sp³-hybridized carbons (Fsp3) is 0.188.